The second-order valence-electron chi connectivity index (χ2n) is 3.54. The lowest BCUT2D eigenvalue weighted by atomic mass is 10.3. The molecular weight excluding hydrogens is 257 g/mol. The summed E-state index contributed by atoms with van der Waals surface area (Å²) in [6.07, 6.45) is -4.33. The normalized spacial score (nSPS) is 22.4. The zero-order valence-electron chi connectivity index (χ0n) is 8.60. The van der Waals surface area contributed by atoms with Gasteiger partial charge in [0.25, 0.3) is 0 Å². The van der Waals surface area contributed by atoms with Gasteiger partial charge >= 0.3 is 6.18 Å². The van der Waals surface area contributed by atoms with Crippen molar-refractivity contribution in [2.75, 3.05) is 18.1 Å². The maximum absolute atomic E-state index is 12.5. The zero-order chi connectivity index (χ0) is 11.8. The molecule has 0 spiro atoms. The predicted octanol–water partition coefficient (Wildman–Crippen LogP) is 2.85. The van der Waals surface area contributed by atoms with Crippen LogP contribution in [-0.4, -0.2) is 23.0 Å². The number of thioether (sulfide) groups is 1. The minimum atomic E-state index is -4.33. The van der Waals surface area contributed by atoms with Crippen molar-refractivity contribution in [3.05, 3.63) is 15.6 Å². The van der Waals surface area contributed by atoms with Crippen LogP contribution in [0.1, 0.15) is 21.6 Å². The summed E-state index contributed by atoms with van der Waals surface area (Å²) in [5, 5.41) is 3.74. The van der Waals surface area contributed by atoms with E-state index in [-0.39, 0.29) is 10.9 Å². The molecule has 1 saturated heterocycles. The number of aryl methyl sites for hydroxylation is 1. The van der Waals surface area contributed by atoms with E-state index >= 15 is 0 Å². The Balaban J connectivity index is 2.23. The van der Waals surface area contributed by atoms with Gasteiger partial charge < -0.3 is 5.32 Å². The van der Waals surface area contributed by atoms with Gasteiger partial charge in [-0.2, -0.15) is 24.9 Å². The summed E-state index contributed by atoms with van der Waals surface area (Å²) < 4.78 is 37.6. The molecule has 1 N–H and O–H groups in total. The third kappa shape index (κ3) is 2.52. The number of nitrogens with one attached hydrogen (secondary N) is 1. The minimum Gasteiger partial charge on any atom is -0.306 e. The molecule has 2 heterocycles. The van der Waals surface area contributed by atoms with Gasteiger partial charge in [0.2, 0.25) is 0 Å². The second-order valence-corrected chi connectivity index (χ2v) is 5.92. The molecule has 90 valence electrons. The molecule has 1 aromatic heterocycles. The van der Waals surface area contributed by atoms with Crippen molar-refractivity contribution in [1.29, 1.82) is 0 Å². The summed E-state index contributed by atoms with van der Waals surface area (Å²) in [6, 6.07) is -0.0291. The van der Waals surface area contributed by atoms with E-state index in [9.17, 15) is 13.2 Å². The Bertz CT molecular complexity index is 369. The van der Waals surface area contributed by atoms with Gasteiger partial charge in [-0.3, -0.25) is 0 Å². The summed E-state index contributed by atoms with van der Waals surface area (Å²) in [5.41, 5.74) is -0.732. The molecule has 1 aliphatic rings. The standard InChI is InChI=1S/C9H11F3N2S2/c1-5-7(9(10,11)12)14-8(16-5)6-4-15-3-2-13-6/h6,13H,2-4H2,1H3. The van der Waals surface area contributed by atoms with Gasteiger partial charge in [0.1, 0.15) is 5.01 Å². The summed E-state index contributed by atoms with van der Waals surface area (Å²) in [4.78, 5) is 3.97. The van der Waals surface area contributed by atoms with E-state index in [1.165, 1.54) is 6.92 Å². The molecular formula is C9H11F3N2S2. The van der Waals surface area contributed by atoms with Crippen LogP contribution in [0.4, 0.5) is 13.2 Å². The van der Waals surface area contributed by atoms with Crippen molar-refractivity contribution >= 4 is 23.1 Å². The third-order valence-corrected chi connectivity index (χ3v) is 4.45. The number of nitrogens with zero attached hydrogens (tertiary/aromatic N) is 1. The number of rotatable bonds is 1. The molecule has 0 bridgehead atoms. The largest absolute Gasteiger partial charge is 0.434 e. The van der Waals surface area contributed by atoms with E-state index < -0.39 is 11.9 Å². The molecule has 1 unspecified atom stereocenters. The molecule has 1 aliphatic heterocycles. The Morgan fingerprint density at radius 1 is 1.44 bits per heavy atom. The van der Waals surface area contributed by atoms with Crippen LogP contribution in [0.5, 0.6) is 0 Å². The summed E-state index contributed by atoms with van der Waals surface area (Å²) >= 11 is 2.88. The van der Waals surface area contributed by atoms with Gasteiger partial charge in [-0.1, -0.05) is 0 Å². The van der Waals surface area contributed by atoms with Crippen LogP contribution in [0.2, 0.25) is 0 Å². The van der Waals surface area contributed by atoms with E-state index in [0.29, 0.717) is 5.01 Å². The number of halogens is 3. The van der Waals surface area contributed by atoms with Crippen molar-refractivity contribution in [2.24, 2.45) is 0 Å². The molecule has 1 aromatic rings. The van der Waals surface area contributed by atoms with Crippen LogP contribution in [0.25, 0.3) is 0 Å². The first-order valence-electron chi connectivity index (χ1n) is 4.84. The molecule has 0 radical (unpaired) electrons. The van der Waals surface area contributed by atoms with E-state index in [1.807, 2.05) is 0 Å². The highest BCUT2D eigenvalue weighted by Crippen LogP contribution is 2.36. The Kier molecular flexibility index (Phi) is 3.46. The molecule has 0 aromatic carbocycles. The molecule has 2 nitrogen and oxygen atoms in total. The first kappa shape index (κ1) is 12.2. The number of alkyl halides is 3. The fourth-order valence-corrected chi connectivity index (χ4v) is 3.62. The maximum atomic E-state index is 12.5. The van der Waals surface area contributed by atoms with Crippen molar-refractivity contribution < 1.29 is 13.2 Å². The Morgan fingerprint density at radius 3 is 2.69 bits per heavy atom. The molecule has 0 aliphatic carbocycles. The van der Waals surface area contributed by atoms with Gasteiger partial charge in [-0.15, -0.1) is 11.3 Å². The fourth-order valence-electron chi connectivity index (χ4n) is 1.55. The van der Waals surface area contributed by atoms with Gasteiger partial charge in [0.15, 0.2) is 5.69 Å². The smallest absolute Gasteiger partial charge is 0.306 e. The fraction of sp³-hybridized carbons (Fsp3) is 0.667. The number of hydrogen-bond donors (Lipinski definition) is 1. The second kappa shape index (κ2) is 4.54. The van der Waals surface area contributed by atoms with Crippen LogP contribution in [0.15, 0.2) is 0 Å². The van der Waals surface area contributed by atoms with Gasteiger partial charge in [-0.05, 0) is 6.92 Å². The van der Waals surface area contributed by atoms with Crippen LogP contribution in [0.3, 0.4) is 0 Å². The van der Waals surface area contributed by atoms with Crippen molar-refractivity contribution in [3.8, 4) is 0 Å². The molecule has 0 saturated carbocycles. The highest BCUT2D eigenvalue weighted by atomic mass is 32.2. The highest BCUT2D eigenvalue weighted by Gasteiger charge is 2.37. The molecule has 0 amide bonds. The van der Waals surface area contributed by atoms with Crippen molar-refractivity contribution in [3.63, 3.8) is 0 Å². The lowest BCUT2D eigenvalue weighted by Gasteiger charge is -2.20. The van der Waals surface area contributed by atoms with Crippen molar-refractivity contribution in [2.45, 2.75) is 19.1 Å². The molecule has 2 rings (SSSR count). The van der Waals surface area contributed by atoms with E-state index in [1.54, 1.807) is 11.8 Å². The quantitative estimate of drug-likeness (QED) is 0.847. The van der Waals surface area contributed by atoms with Gasteiger partial charge in [0.05, 0.1) is 6.04 Å². The average Bonchev–Trinajstić information content (AvgIpc) is 2.61. The lowest BCUT2D eigenvalue weighted by Crippen LogP contribution is -2.30. The number of hydrogen-bond acceptors (Lipinski definition) is 4. The first-order chi connectivity index (χ1) is 7.48. The van der Waals surface area contributed by atoms with Gasteiger partial charge in [0, 0.05) is 22.9 Å². The Hall–Kier alpha value is -0.270. The Morgan fingerprint density at radius 2 is 2.19 bits per heavy atom. The van der Waals surface area contributed by atoms with E-state index in [2.05, 4.69) is 10.3 Å². The van der Waals surface area contributed by atoms with E-state index in [4.69, 9.17) is 0 Å². The maximum Gasteiger partial charge on any atom is 0.434 e. The first-order valence-corrected chi connectivity index (χ1v) is 6.81. The third-order valence-electron chi connectivity index (χ3n) is 2.30. The Labute approximate surface area is 99.6 Å². The van der Waals surface area contributed by atoms with Crippen LogP contribution in [-0.2, 0) is 6.18 Å². The molecule has 16 heavy (non-hydrogen) atoms. The SMILES string of the molecule is Cc1sc(C2CSCCN2)nc1C(F)(F)F. The lowest BCUT2D eigenvalue weighted by molar-refractivity contribution is -0.141. The monoisotopic (exact) mass is 268 g/mol. The predicted molar refractivity (Wildman–Crippen MR) is 59.9 cm³/mol. The van der Waals surface area contributed by atoms with Crippen LogP contribution < -0.4 is 5.32 Å². The summed E-state index contributed by atoms with van der Waals surface area (Å²) in [5.74, 6) is 1.80. The van der Waals surface area contributed by atoms with Crippen LogP contribution in [0, 0.1) is 6.92 Å². The van der Waals surface area contributed by atoms with Crippen molar-refractivity contribution in [1.82, 2.24) is 10.3 Å². The van der Waals surface area contributed by atoms with Gasteiger partial charge in [-0.25, -0.2) is 4.98 Å². The topological polar surface area (TPSA) is 24.9 Å². The van der Waals surface area contributed by atoms with E-state index in [0.717, 1.165) is 29.4 Å². The highest BCUT2D eigenvalue weighted by molar-refractivity contribution is 7.99. The molecule has 1 atom stereocenters. The number of thiazole rings is 1. The summed E-state index contributed by atoms with van der Waals surface area (Å²) in [7, 11) is 0. The molecule has 1 fully saturated rings. The van der Waals surface area contributed by atoms with Crippen LogP contribution >= 0.6 is 23.1 Å². The average molecular weight is 268 g/mol. The molecule has 7 heteroatoms. The zero-order valence-corrected chi connectivity index (χ0v) is 10.2. The summed E-state index contributed by atoms with van der Waals surface area (Å²) in [6.45, 7) is 2.30. The minimum absolute atomic E-state index is 0.0291. The number of aromatic nitrogens is 1.